The van der Waals surface area contributed by atoms with E-state index in [9.17, 15) is 0 Å². The Balaban J connectivity index is 1.89. The molecule has 0 spiro atoms. The van der Waals surface area contributed by atoms with E-state index in [1.54, 1.807) is 12.5 Å². The Bertz CT molecular complexity index is 524. The molecule has 0 fully saturated rings. The van der Waals surface area contributed by atoms with E-state index in [-0.39, 0.29) is 0 Å². The first-order valence-electron chi connectivity index (χ1n) is 6.74. The van der Waals surface area contributed by atoms with Crippen LogP contribution < -0.4 is 15.8 Å². The maximum atomic E-state index is 5.85. The molecule has 0 bridgehead atoms. The van der Waals surface area contributed by atoms with Gasteiger partial charge in [-0.15, -0.1) is 0 Å². The molecule has 0 amide bonds. The zero-order chi connectivity index (χ0) is 14.4. The van der Waals surface area contributed by atoms with Crippen LogP contribution in [-0.2, 0) is 6.54 Å². The zero-order valence-corrected chi connectivity index (χ0v) is 11.9. The molecule has 0 aliphatic heterocycles. The van der Waals surface area contributed by atoms with Crippen molar-refractivity contribution in [2.75, 3.05) is 24.2 Å². The molecule has 2 aromatic rings. The van der Waals surface area contributed by atoms with Crippen molar-refractivity contribution in [1.82, 2.24) is 14.5 Å². The average Bonchev–Trinajstić information content (AvgIpc) is 2.92. The number of aromatic nitrogens is 3. The molecule has 0 saturated carbocycles. The fraction of sp³-hybridized carbons (Fsp3) is 0.429. The highest BCUT2D eigenvalue weighted by Gasteiger charge is 2.05. The van der Waals surface area contributed by atoms with Crippen molar-refractivity contribution in [3.05, 3.63) is 30.9 Å². The standard InChI is InChI=1S/C14H21N5O/c1-11(2)9-20-14-12(15)3-4-13(18-14)17-6-8-19-7-5-16-10-19/h3-5,7,10-11H,6,8-9,15H2,1-2H3,(H,17,18). The summed E-state index contributed by atoms with van der Waals surface area (Å²) in [5.74, 6) is 1.69. The number of nitrogens with two attached hydrogens (primary N) is 1. The van der Waals surface area contributed by atoms with Crippen molar-refractivity contribution in [2.24, 2.45) is 5.92 Å². The lowest BCUT2D eigenvalue weighted by Crippen LogP contribution is -2.12. The summed E-state index contributed by atoms with van der Waals surface area (Å²) in [6.07, 6.45) is 5.48. The summed E-state index contributed by atoms with van der Waals surface area (Å²) in [5, 5.41) is 3.24. The van der Waals surface area contributed by atoms with Crippen LogP contribution in [0.4, 0.5) is 11.5 Å². The Hall–Kier alpha value is -2.24. The third-order valence-electron chi connectivity index (χ3n) is 2.68. The van der Waals surface area contributed by atoms with E-state index in [1.165, 1.54) is 0 Å². The van der Waals surface area contributed by atoms with Crippen LogP contribution in [0.15, 0.2) is 30.9 Å². The van der Waals surface area contributed by atoms with E-state index in [1.807, 2.05) is 22.9 Å². The third kappa shape index (κ3) is 4.15. The summed E-state index contributed by atoms with van der Waals surface area (Å²) in [6, 6.07) is 3.66. The molecule has 0 aromatic carbocycles. The van der Waals surface area contributed by atoms with E-state index in [0.717, 1.165) is 18.9 Å². The minimum atomic E-state index is 0.439. The largest absolute Gasteiger partial charge is 0.476 e. The minimum absolute atomic E-state index is 0.439. The number of nitrogen functional groups attached to an aromatic ring is 1. The predicted molar refractivity (Wildman–Crippen MR) is 79.7 cm³/mol. The zero-order valence-electron chi connectivity index (χ0n) is 11.9. The fourth-order valence-electron chi connectivity index (χ4n) is 1.64. The second-order valence-corrected chi connectivity index (χ2v) is 5.02. The van der Waals surface area contributed by atoms with Gasteiger partial charge in [-0.05, 0) is 18.1 Å². The van der Waals surface area contributed by atoms with Crippen LogP contribution in [0.2, 0.25) is 0 Å². The number of nitrogens with zero attached hydrogens (tertiary/aromatic N) is 3. The van der Waals surface area contributed by atoms with Gasteiger partial charge < -0.3 is 20.4 Å². The molecule has 0 atom stereocenters. The number of rotatable bonds is 7. The molecule has 6 heteroatoms. The van der Waals surface area contributed by atoms with Crippen LogP contribution in [0, 0.1) is 5.92 Å². The third-order valence-corrected chi connectivity index (χ3v) is 2.68. The molecule has 0 aliphatic rings. The van der Waals surface area contributed by atoms with Crippen molar-refractivity contribution in [3.8, 4) is 5.88 Å². The second kappa shape index (κ2) is 6.79. The van der Waals surface area contributed by atoms with E-state index in [0.29, 0.717) is 24.1 Å². The molecular weight excluding hydrogens is 254 g/mol. The highest BCUT2D eigenvalue weighted by Crippen LogP contribution is 2.21. The first kappa shape index (κ1) is 14.2. The molecule has 0 unspecified atom stereocenters. The number of imidazole rings is 1. The van der Waals surface area contributed by atoms with Gasteiger partial charge in [-0.2, -0.15) is 4.98 Å². The summed E-state index contributed by atoms with van der Waals surface area (Å²) in [6.45, 7) is 6.37. The van der Waals surface area contributed by atoms with Crippen molar-refractivity contribution in [3.63, 3.8) is 0 Å². The normalized spacial score (nSPS) is 10.8. The molecule has 6 nitrogen and oxygen atoms in total. The van der Waals surface area contributed by atoms with Crippen LogP contribution in [0.25, 0.3) is 0 Å². The van der Waals surface area contributed by atoms with E-state index >= 15 is 0 Å². The van der Waals surface area contributed by atoms with Crippen LogP contribution in [0.3, 0.4) is 0 Å². The number of ether oxygens (including phenoxy) is 1. The number of anilines is 2. The van der Waals surface area contributed by atoms with Gasteiger partial charge in [0.2, 0.25) is 5.88 Å². The molecule has 0 radical (unpaired) electrons. The Morgan fingerprint density at radius 2 is 2.25 bits per heavy atom. The van der Waals surface area contributed by atoms with Gasteiger partial charge in [-0.3, -0.25) is 0 Å². The molecular formula is C14H21N5O. The van der Waals surface area contributed by atoms with Gasteiger partial charge in [0, 0.05) is 25.5 Å². The Labute approximate surface area is 119 Å². The first-order valence-corrected chi connectivity index (χ1v) is 6.74. The van der Waals surface area contributed by atoms with Gasteiger partial charge in [0.1, 0.15) is 5.82 Å². The fourth-order valence-corrected chi connectivity index (χ4v) is 1.64. The number of pyridine rings is 1. The van der Waals surface area contributed by atoms with Crippen LogP contribution >= 0.6 is 0 Å². The van der Waals surface area contributed by atoms with E-state index in [2.05, 4.69) is 29.1 Å². The Kier molecular flexibility index (Phi) is 4.81. The molecule has 0 aliphatic carbocycles. The lowest BCUT2D eigenvalue weighted by Gasteiger charge is -2.12. The molecule has 2 aromatic heterocycles. The lowest BCUT2D eigenvalue weighted by molar-refractivity contribution is 0.263. The maximum Gasteiger partial charge on any atom is 0.239 e. The van der Waals surface area contributed by atoms with Crippen molar-refractivity contribution < 1.29 is 4.74 Å². The SMILES string of the molecule is CC(C)COc1nc(NCCn2ccnc2)ccc1N. The molecule has 2 rings (SSSR count). The van der Waals surface area contributed by atoms with Gasteiger partial charge in [0.15, 0.2) is 0 Å². The van der Waals surface area contributed by atoms with E-state index < -0.39 is 0 Å². The minimum Gasteiger partial charge on any atom is -0.476 e. The molecule has 20 heavy (non-hydrogen) atoms. The molecule has 3 N–H and O–H groups in total. The van der Waals surface area contributed by atoms with Gasteiger partial charge in [0.25, 0.3) is 0 Å². The number of hydrogen-bond donors (Lipinski definition) is 2. The monoisotopic (exact) mass is 275 g/mol. The van der Waals surface area contributed by atoms with Gasteiger partial charge in [0.05, 0.1) is 18.6 Å². The van der Waals surface area contributed by atoms with Gasteiger partial charge in [-0.1, -0.05) is 13.8 Å². The molecule has 0 saturated heterocycles. The van der Waals surface area contributed by atoms with Crippen LogP contribution in [0.5, 0.6) is 5.88 Å². The summed E-state index contributed by atoms with van der Waals surface area (Å²) >= 11 is 0. The summed E-state index contributed by atoms with van der Waals surface area (Å²) in [7, 11) is 0. The summed E-state index contributed by atoms with van der Waals surface area (Å²) in [4.78, 5) is 8.38. The molecule has 2 heterocycles. The van der Waals surface area contributed by atoms with E-state index in [4.69, 9.17) is 10.5 Å². The highest BCUT2D eigenvalue weighted by molar-refractivity contribution is 5.53. The predicted octanol–water partition coefficient (Wildman–Crippen LogP) is 2.01. The van der Waals surface area contributed by atoms with Crippen LogP contribution in [0.1, 0.15) is 13.8 Å². The second-order valence-electron chi connectivity index (χ2n) is 5.02. The number of nitrogens with one attached hydrogen (secondary N) is 1. The maximum absolute atomic E-state index is 5.85. The average molecular weight is 275 g/mol. The smallest absolute Gasteiger partial charge is 0.239 e. The lowest BCUT2D eigenvalue weighted by atomic mass is 10.2. The van der Waals surface area contributed by atoms with Crippen molar-refractivity contribution in [2.45, 2.75) is 20.4 Å². The van der Waals surface area contributed by atoms with Gasteiger partial charge >= 0.3 is 0 Å². The first-order chi connectivity index (χ1) is 9.65. The highest BCUT2D eigenvalue weighted by atomic mass is 16.5. The van der Waals surface area contributed by atoms with Crippen molar-refractivity contribution in [1.29, 1.82) is 0 Å². The molecule has 108 valence electrons. The van der Waals surface area contributed by atoms with Crippen LogP contribution in [-0.4, -0.2) is 27.7 Å². The van der Waals surface area contributed by atoms with Crippen molar-refractivity contribution >= 4 is 11.5 Å². The summed E-state index contributed by atoms with van der Waals surface area (Å²) in [5.41, 5.74) is 6.41. The topological polar surface area (TPSA) is 78.0 Å². The van der Waals surface area contributed by atoms with Gasteiger partial charge in [-0.25, -0.2) is 4.98 Å². The quantitative estimate of drug-likeness (QED) is 0.808. The summed E-state index contributed by atoms with van der Waals surface area (Å²) < 4.78 is 7.60. The Morgan fingerprint density at radius 3 is 2.95 bits per heavy atom. The Morgan fingerprint density at radius 1 is 1.40 bits per heavy atom. The number of hydrogen-bond acceptors (Lipinski definition) is 5.